The zero-order valence-electron chi connectivity index (χ0n) is 6.25. The van der Waals surface area contributed by atoms with Crippen LogP contribution in [0.5, 0.6) is 0 Å². The van der Waals surface area contributed by atoms with Gasteiger partial charge in [-0.25, -0.2) is 0 Å². The van der Waals surface area contributed by atoms with Crippen LogP contribution in [0.2, 0.25) is 0 Å². The van der Waals surface area contributed by atoms with Gasteiger partial charge in [-0.15, -0.1) is 0 Å². The molecule has 0 amide bonds. The summed E-state index contributed by atoms with van der Waals surface area (Å²) in [7, 11) is 1.77. The van der Waals surface area contributed by atoms with Gasteiger partial charge < -0.3 is 9.47 Å². The monoisotopic (exact) mass is 141 g/mol. The molecule has 1 saturated carbocycles. The maximum absolute atomic E-state index is 5.52. The number of hydrogen-bond acceptors (Lipinski definition) is 2. The number of rotatable bonds is 1. The summed E-state index contributed by atoms with van der Waals surface area (Å²) in [6.07, 6.45) is 5.46. The van der Waals surface area contributed by atoms with Crippen molar-refractivity contribution in [3.05, 3.63) is 6.42 Å². The number of ether oxygens (including phenoxy) is 2. The first-order chi connectivity index (χ1) is 4.92. The van der Waals surface area contributed by atoms with Gasteiger partial charge >= 0.3 is 0 Å². The van der Waals surface area contributed by atoms with Crippen molar-refractivity contribution in [1.82, 2.24) is 0 Å². The fourth-order valence-corrected chi connectivity index (χ4v) is 1.95. The fraction of sp³-hybridized carbons (Fsp3) is 0.875. The van der Waals surface area contributed by atoms with Crippen molar-refractivity contribution < 1.29 is 9.47 Å². The first-order valence-corrected chi connectivity index (χ1v) is 3.88. The van der Waals surface area contributed by atoms with Gasteiger partial charge in [0.1, 0.15) is 0 Å². The maximum atomic E-state index is 5.52. The first-order valence-electron chi connectivity index (χ1n) is 3.88. The van der Waals surface area contributed by atoms with Gasteiger partial charge in [-0.3, -0.25) is 0 Å². The van der Waals surface area contributed by atoms with Crippen LogP contribution >= 0.6 is 0 Å². The van der Waals surface area contributed by atoms with Gasteiger partial charge in [0.15, 0.2) is 0 Å². The van der Waals surface area contributed by atoms with E-state index in [1.54, 1.807) is 7.11 Å². The molecule has 2 fully saturated rings. The van der Waals surface area contributed by atoms with Crippen LogP contribution in [-0.4, -0.2) is 25.9 Å². The Kier molecular flexibility index (Phi) is 1.66. The number of methoxy groups -OCH3 is 1. The van der Waals surface area contributed by atoms with Gasteiger partial charge in [0.05, 0.1) is 18.8 Å². The summed E-state index contributed by atoms with van der Waals surface area (Å²) >= 11 is 0. The molecule has 1 saturated heterocycles. The average molecular weight is 141 g/mol. The molecule has 57 valence electrons. The van der Waals surface area contributed by atoms with E-state index >= 15 is 0 Å². The summed E-state index contributed by atoms with van der Waals surface area (Å²) in [6.45, 7) is 0.805. The summed E-state index contributed by atoms with van der Waals surface area (Å²) in [5, 5.41) is 0. The lowest BCUT2D eigenvalue weighted by Crippen LogP contribution is -2.20. The van der Waals surface area contributed by atoms with Crippen LogP contribution in [0.4, 0.5) is 0 Å². The van der Waals surface area contributed by atoms with Gasteiger partial charge in [0.25, 0.3) is 0 Å². The van der Waals surface area contributed by atoms with Crippen molar-refractivity contribution in [3.8, 4) is 0 Å². The Morgan fingerprint density at radius 1 is 1.50 bits per heavy atom. The fourth-order valence-electron chi connectivity index (χ4n) is 1.95. The van der Waals surface area contributed by atoms with E-state index in [9.17, 15) is 0 Å². The van der Waals surface area contributed by atoms with E-state index in [-0.39, 0.29) is 0 Å². The number of hydrogen-bond donors (Lipinski definition) is 0. The summed E-state index contributed by atoms with van der Waals surface area (Å²) < 4.78 is 10.8. The van der Waals surface area contributed by atoms with E-state index < -0.39 is 0 Å². The Morgan fingerprint density at radius 3 is 3.20 bits per heavy atom. The second-order valence-electron chi connectivity index (χ2n) is 3.07. The molecule has 1 aliphatic carbocycles. The van der Waals surface area contributed by atoms with Crippen molar-refractivity contribution >= 4 is 0 Å². The van der Waals surface area contributed by atoms with Crippen LogP contribution in [0.3, 0.4) is 0 Å². The topological polar surface area (TPSA) is 18.5 Å². The molecular weight excluding hydrogens is 128 g/mol. The molecule has 2 rings (SSSR count). The Hall–Kier alpha value is -0.0800. The van der Waals surface area contributed by atoms with Crippen molar-refractivity contribution in [1.29, 1.82) is 0 Å². The third-order valence-corrected chi connectivity index (χ3v) is 2.57. The lowest BCUT2D eigenvalue weighted by atomic mass is 10.0. The molecule has 0 spiro atoms. The highest BCUT2D eigenvalue weighted by molar-refractivity contribution is 4.96. The minimum Gasteiger partial charge on any atom is -0.379 e. The van der Waals surface area contributed by atoms with E-state index in [4.69, 9.17) is 9.47 Å². The van der Waals surface area contributed by atoms with Gasteiger partial charge in [-0.1, -0.05) is 0 Å². The highest BCUT2D eigenvalue weighted by Gasteiger charge is 2.40. The van der Waals surface area contributed by atoms with Crippen molar-refractivity contribution in [2.75, 3.05) is 13.7 Å². The van der Waals surface area contributed by atoms with Gasteiger partial charge in [-0.05, 0) is 19.3 Å². The quantitative estimate of drug-likeness (QED) is 0.542. The third-order valence-electron chi connectivity index (χ3n) is 2.57. The van der Waals surface area contributed by atoms with Crippen LogP contribution in [0, 0.1) is 12.3 Å². The molecule has 2 heteroatoms. The SMILES string of the molecule is CO[C@H]1CO[C@@H]2C[CH]C[C@H]12. The lowest BCUT2D eigenvalue weighted by Gasteiger charge is -2.12. The molecule has 0 aromatic rings. The Morgan fingerprint density at radius 2 is 2.40 bits per heavy atom. The van der Waals surface area contributed by atoms with E-state index in [0.717, 1.165) is 13.0 Å². The molecular formula is C8H13O2. The standard InChI is InChI=1S/C8H13O2/c1-9-8-5-10-7-4-2-3-6(7)8/h2,6-8H,3-5H2,1H3/t6-,7+,8-/m0/s1. The van der Waals surface area contributed by atoms with E-state index in [0.29, 0.717) is 18.1 Å². The van der Waals surface area contributed by atoms with Crippen LogP contribution in [-0.2, 0) is 9.47 Å². The second kappa shape index (κ2) is 2.51. The maximum Gasteiger partial charge on any atom is 0.0857 e. The third kappa shape index (κ3) is 0.867. The first kappa shape index (κ1) is 6.62. The summed E-state index contributed by atoms with van der Waals surface area (Å²) in [5.74, 6) is 0.657. The van der Waals surface area contributed by atoms with Gasteiger partial charge in [0.2, 0.25) is 0 Å². The Balaban J connectivity index is 2.01. The molecule has 0 unspecified atom stereocenters. The molecule has 0 aromatic carbocycles. The zero-order chi connectivity index (χ0) is 6.97. The van der Waals surface area contributed by atoms with Crippen LogP contribution < -0.4 is 0 Å². The molecule has 2 aliphatic rings. The predicted molar refractivity (Wildman–Crippen MR) is 37.6 cm³/mol. The van der Waals surface area contributed by atoms with Crippen LogP contribution in [0.15, 0.2) is 0 Å². The molecule has 1 aliphatic heterocycles. The van der Waals surface area contributed by atoms with Crippen LogP contribution in [0.1, 0.15) is 12.8 Å². The molecule has 0 N–H and O–H groups in total. The van der Waals surface area contributed by atoms with Crippen molar-refractivity contribution in [2.45, 2.75) is 25.0 Å². The van der Waals surface area contributed by atoms with E-state index in [2.05, 4.69) is 6.42 Å². The Bertz CT molecular complexity index is 124. The summed E-state index contributed by atoms with van der Waals surface area (Å²) in [6, 6.07) is 0. The summed E-state index contributed by atoms with van der Waals surface area (Å²) in [4.78, 5) is 0. The summed E-state index contributed by atoms with van der Waals surface area (Å²) in [5.41, 5.74) is 0. The molecule has 2 nitrogen and oxygen atoms in total. The predicted octanol–water partition coefficient (Wildman–Crippen LogP) is 1.01. The minimum absolute atomic E-state index is 0.365. The van der Waals surface area contributed by atoms with E-state index in [1.807, 2.05) is 0 Å². The average Bonchev–Trinajstić information content (AvgIpc) is 2.44. The molecule has 1 radical (unpaired) electrons. The smallest absolute Gasteiger partial charge is 0.0857 e. The van der Waals surface area contributed by atoms with Crippen molar-refractivity contribution in [3.63, 3.8) is 0 Å². The highest BCUT2D eigenvalue weighted by Crippen LogP contribution is 2.36. The lowest BCUT2D eigenvalue weighted by molar-refractivity contribution is 0.0609. The Labute approximate surface area is 61.5 Å². The second-order valence-corrected chi connectivity index (χ2v) is 3.07. The normalized spacial score (nSPS) is 45.9. The number of fused-ring (bicyclic) bond motifs is 1. The zero-order valence-corrected chi connectivity index (χ0v) is 6.25. The molecule has 1 heterocycles. The molecule has 0 bridgehead atoms. The molecule has 3 atom stereocenters. The molecule has 0 aromatic heterocycles. The van der Waals surface area contributed by atoms with Gasteiger partial charge in [-0.2, -0.15) is 0 Å². The largest absolute Gasteiger partial charge is 0.379 e. The minimum atomic E-state index is 0.365. The van der Waals surface area contributed by atoms with Gasteiger partial charge in [0, 0.05) is 13.0 Å². The van der Waals surface area contributed by atoms with E-state index in [1.165, 1.54) is 6.42 Å². The highest BCUT2D eigenvalue weighted by atomic mass is 16.5. The van der Waals surface area contributed by atoms with Crippen LogP contribution in [0.25, 0.3) is 0 Å². The van der Waals surface area contributed by atoms with Crippen molar-refractivity contribution in [2.24, 2.45) is 5.92 Å². The molecule has 10 heavy (non-hydrogen) atoms.